The fourth-order valence-electron chi connectivity index (χ4n) is 2.18. The molecule has 7 heteroatoms. The first kappa shape index (κ1) is 17.3. The van der Waals surface area contributed by atoms with Crippen LogP contribution in [0.1, 0.15) is 17.5 Å². The normalized spacial score (nSPS) is 12.0. The van der Waals surface area contributed by atoms with Crippen molar-refractivity contribution in [1.82, 2.24) is 0 Å². The van der Waals surface area contributed by atoms with Gasteiger partial charge in [-0.3, -0.25) is 4.79 Å². The predicted octanol–water partition coefficient (Wildman–Crippen LogP) is 4.92. The lowest BCUT2D eigenvalue weighted by molar-refractivity contribution is -0.123. The summed E-state index contributed by atoms with van der Waals surface area (Å²) in [5.74, 6) is -1.23. The van der Waals surface area contributed by atoms with Crippen molar-refractivity contribution in [3.05, 3.63) is 64.3 Å². The van der Waals surface area contributed by atoms with Gasteiger partial charge in [0.15, 0.2) is 6.10 Å². The number of amides is 1. The van der Waals surface area contributed by atoms with Crippen LogP contribution in [-0.2, 0) is 9.53 Å². The van der Waals surface area contributed by atoms with E-state index < -0.39 is 18.0 Å². The lowest BCUT2D eigenvalue weighted by Crippen LogP contribution is -2.30. The summed E-state index contributed by atoms with van der Waals surface area (Å²) < 4.78 is 10.6. The van der Waals surface area contributed by atoms with Crippen LogP contribution in [0.2, 0.25) is 10.0 Å². The number of benzene rings is 2. The molecule has 1 N–H and O–H groups in total. The van der Waals surface area contributed by atoms with E-state index in [1.165, 1.54) is 13.0 Å². The molecule has 1 amide bonds. The summed E-state index contributed by atoms with van der Waals surface area (Å²) in [5, 5.41) is 4.10. The molecule has 0 fully saturated rings. The van der Waals surface area contributed by atoms with Gasteiger partial charge in [0, 0.05) is 10.4 Å². The van der Waals surface area contributed by atoms with Crippen molar-refractivity contribution >= 4 is 51.7 Å². The van der Waals surface area contributed by atoms with E-state index >= 15 is 0 Å². The average molecular weight is 378 g/mol. The van der Waals surface area contributed by atoms with E-state index in [0.29, 0.717) is 21.3 Å². The van der Waals surface area contributed by atoms with Crippen LogP contribution in [0.25, 0.3) is 11.0 Å². The highest BCUT2D eigenvalue weighted by Gasteiger charge is 2.22. The Hall–Kier alpha value is -2.50. The number of para-hydroxylation sites is 1. The zero-order valence-electron chi connectivity index (χ0n) is 13.1. The van der Waals surface area contributed by atoms with Crippen molar-refractivity contribution in [2.24, 2.45) is 0 Å². The third kappa shape index (κ3) is 3.95. The van der Waals surface area contributed by atoms with E-state index in [2.05, 4.69) is 5.32 Å². The topological polar surface area (TPSA) is 68.5 Å². The first-order valence-corrected chi connectivity index (χ1v) is 8.15. The fraction of sp³-hybridized carbons (Fsp3) is 0.111. The molecule has 1 atom stereocenters. The van der Waals surface area contributed by atoms with E-state index in [4.69, 9.17) is 32.4 Å². The molecule has 0 aliphatic carbocycles. The maximum Gasteiger partial charge on any atom is 0.375 e. The fourth-order valence-corrected chi connectivity index (χ4v) is 2.52. The van der Waals surface area contributed by atoms with Crippen LogP contribution < -0.4 is 5.32 Å². The van der Waals surface area contributed by atoms with E-state index in [1.807, 2.05) is 12.1 Å². The van der Waals surface area contributed by atoms with Crippen molar-refractivity contribution in [1.29, 1.82) is 0 Å². The van der Waals surface area contributed by atoms with Crippen molar-refractivity contribution in [2.45, 2.75) is 13.0 Å². The summed E-state index contributed by atoms with van der Waals surface area (Å²) in [4.78, 5) is 24.4. The molecule has 0 aliphatic rings. The number of anilines is 1. The number of ether oxygens (including phenoxy) is 1. The molecule has 1 aromatic heterocycles. The highest BCUT2D eigenvalue weighted by atomic mass is 35.5. The van der Waals surface area contributed by atoms with Crippen molar-refractivity contribution in [3.8, 4) is 0 Å². The van der Waals surface area contributed by atoms with E-state index in [-0.39, 0.29) is 5.76 Å². The molecule has 0 saturated carbocycles. The predicted molar refractivity (Wildman–Crippen MR) is 96.2 cm³/mol. The molecule has 0 aliphatic heterocycles. The number of furan rings is 1. The quantitative estimate of drug-likeness (QED) is 0.654. The number of rotatable bonds is 4. The number of halogens is 2. The molecular formula is C18H13Cl2NO4. The molecule has 5 nitrogen and oxygen atoms in total. The maximum absolute atomic E-state index is 12.2. The monoisotopic (exact) mass is 377 g/mol. The molecular weight excluding hydrogens is 365 g/mol. The number of fused-ring (bicyclic) bond motifs is 1. The molecule has 0 radical (unpaired) electrons. The van der Waals surface area contributed by atoms with Crippen molar-refractivity contribution in [3.63, 3.8) is 0 Å². The number of hydrogen-bond acceptors (Lipinski definition) is 4. The highest BCUT2D eigenvalue weighted by Crippen LogP contribution is 2.26. The molecule has 2 aromatic carbocycles. The van der Waals surface area contributed by atoms with Gasteiger partial charge < -0.3 is 14.5 Å². The van der Waals surface area contributed by atoms with Crippen LogP contribution in [0.4, 0.5) is 5.69 Å². The molecule has 3 aromatic rings. The third-order valence-corrected chi connectivity index (χ3v) is 4.03. The SMILES string of the molecule is CC(OC(=O)c1cc2ccccc2o1)C(=O)Nc1cc(Cl)ccc1Cl. The van der Waals surface area contributed by atoms with Gasteiger partial charge in [0.25, 0.3) is 5.91 Å². The summed E-state index contributed by atoms with van der Waals surface area (Å²) >= 11 is 11.9. The summed E-state index contributed by atoms with van der Waals surface area (Å²) in [5.41, 5.74) is 0.906. The summed E-state index contributed by atoms with van der Waals surface area (Å²) in [6.07, 6.45) is -1.05. The third-order valence-electron chi connectivity index (χ3n) is 3.47. The Morgan fingerprint density at radius 2 is 1.88 bits per heavy atom. The van der Waals surface area contributed by atoms with Gasteiger partial charge in [-0.15, -0.1) is 0 Å². The van der Waals surface area contributed by atoms with Gasteiger partial charge in [0.2, 0.25) is 5.76 Å². The molecule has 3 rings (SSSR count). The second-order valence-electron chi connectivity index (χ2n) is 5.31. The highest BCUT2D eigenvalue weighted by molar-refractivity contribution is 6.35. The minimum atomic E-state index is -1.05. The Labute approximate surface area is 153 Å². The molecule has 0 spiro atoms. The van der Waals surface area contributed by atoms with E-state index in [9.17, 15) is 9.59 Å². The Bertz CT molecular complexity index is 918. The van der Waals surface area contributed by atoms with Gasteiger partial charge in [0.05, 0.1) is 10.7 Å². The smallest absolute Gasteiger partial charge is 0.375 e. The van der Waals surface area contributed by atoms with Crippen LogP contribution >= 0.6 is 23.2 Å². The minimum absolute atomic E-state index is 0.0293. The lowest BCUT2D eigenvalue weighted by Gasteiger charge is -2.13. The second-order valence-corrected chi connectivity index (χ2v) is 6.15. The lowest BCUT2D eigenvalue weighted by atomic mass is 10.2. The summed E-state index contributed by atoms with van der Waals surface area (Å²) in [6.45, 7) is 1.45. The molecule has 1 heterocycles. The molecule has 128 valence electrons. The van der Waals surface area contributed by atoms with Gasteiger partial charge in [-0.25, -0.2) is 4.79 Å². The van der Waals surface area contributed by atoms with E-state index in [1.54, 1.807) is 30.3 Å². The number of hydrogen-bond donors (Lipinski definition) is 1. The number of nitrogens with one attached hydrogen (secondary N) is 1. The zero-order valence-corrected chi connectivity index (χ0v) is 14.6. The Morgan fingerprint density at radius 1 is 1.12 bits per heavy atom. The summed E-state index contributed by atoms with van der Waals surface area (Å²) in [6, 6.07) is 13.4. The van der Waals surface area contributed by atoms with Gasteiger partial charge in [-0.05, 0) is 37.3 Å². The maximum atomic E-state index is 12.2. The molecule has 0 saturated heterocycles. The van der Waals surface area contributed by atoms with Crippen LogP contribution in [0, 0.1) is 0 Å². The summed E-state index contributed by atoms with van der Waals surface area (Å²) in [7, 11) is 0. The van der Waals surface area contributed by atoms with Crippen LogP contribution in [0.5, 0.6) is 0 Å². The van der Waals surface area contributed by atoms with Crippen LogP contribution in [-0.4, -0.2) is 18.0 Å². The van der Waals surface area contributed by atoms with Crippen molar-refractivity contribution in [2.75, 3.05) is 5.32 Å². The van der Waals surface area contributed by atoms with Gasteiger partial charge in [0.1, 0.15) is 5.58 Å². The van der Waals surface area contributed by atoms with Crippen LogP contribution in [0.3, 0.4) is 0 Å². The Morgan fingerprint density at radius 3 is 2.64 bits per heavy atom. The first-order chi connectivity index (χ1) is 11.9. The Kier molecular flexibility index (Phi) is 4.97. The minimum Gasteiger partial charge on any atom is -0.449 e. The average Bonchev–Trinajstić information content (AvgIpc) is 3.02. The molecule has 1 unspecified atom stereocenters. The Balaban J connectivity index is 1.68. The van der Waals surface area contributed by atoms with Crippen molar-refractivity contribution < 1.29 is 18.7 Å². The van der Waals surface area contributed by atoms with Crippen LogP contribution in [0.15, 0.2) is 52.9 Å². The second kappa shape index (κ2) is 7.17. The van der Waals surface area contributed by atoms with E-state index in [0.717, 1.165) is 5.39 Å². The van der Waals surface area contributed by atoms with Gasteiger partial charge in [-0.1, -0.05) is 41.4 Å². The number of esters is 1. The zero-order chi connectivity index (χ0) is 18.0. The van der Waals surface area contributed by atoms with Gasteiger partial charge in [-0.2, -0.15) is 0 Å². The standard InChI is InChI=1S/C18H13Cl2NO4/c1-10(17(22)21-14-9-12(19)6-7-13(14)20)24-18(23)16-8-11-4-2-3-5-15(11)25-16/h2-10H,1H3,(H,21,22). The van der Waals surface area contributed by atoms with Gasteiger partial charge >= 0.3 is 5.97 Å². The number of carbonyl (C=O) groups excluding carboxylic acids is 2. The molecule has 25 heavy (non-hydrogen) atoms. The number of carbonyl (C=O) groups is 2. The largest absolute Gasteiger partial charge is 0.449 e. The first-order valence-electron chi connectivity index (χ1n) is 7.39. The molecule has 0 bridgehead atoms.